The lowest BCUT2D eigenvalue weighted by atomic mass is 9.76. The van der Waals surface area contributed by atoms with E-state index in [0.29, 0.717) is 6.04 Å². The largest absolute Gasteiger partial charge is 0.327 e. The second kappa shape index (κ2) is 8.19. The average Bonchev–Trinajstić information content (AvgIpc) is 2.93. The van der Waals surface area contributed by atoms with Gasteiger partial charge in [-0.05, 0) is 49.7 Å². The van der Waals surface area contributed by atoms with Crippen LogP contribution in [0.4, 0.5) is 0 Å². The molecule has 1 aliphatic carbocycles. The molecule has 0 spiro atoms. The summed E-state index contributed by atoms with van der Waals surface area (Å²) in [7, 11) is 0. The molecule has 1 aromatic rings. The summed E-state index contributed by atoms with van der Waals surface area (Å²) in [6, 6.07) is 4.94. The number of rotatable bonds is 7. The molecule has 2 heteroatoms. The van der Waals surface area contributed by atoms with E-state index >= 15 is 0 Å². The Labute approximate surface area is 129 Å². The van der Waals surface area contributed by atoms with Gasteiger partial charge in [0.15, 0.2) is 0 Å². The van der Waals surface area contributed by atoms with Gasteiger partial charge in [0.05, 0.1) is 0 Å². The van der Waals surface area contributed by atoms with Crippen molar-refractivity contribution in [3.05, 3.63) is 21.9 Å². The van der Waals surface area contributed by atoms with Gasteiger partial charge in [-0.3, -0.25) is 0 Å². The van der Waals surface area contributed by atoms with Crippen molar-refractivity contribution < 1.29 is 0 Å². The Bertz CT molecular complexity index is 377. The standard InChI is InChI=1S/C18H31NS/c1-3-5-6-14-7-9-15(10-8-14)18(19)13-17-12-11-16(4-2)20-17/h11-12,14-15,18H,3-10,13,19H2,1-2H3. The van der Waals surface area contributed by atoms with Crippen molar-refractivity contribution in [2.45, 2.75) is 77.7 Å². The maximum Gasteiger partial charge on any atom is 0.0116 e. The first-order chi connectivity index (χ1) is 9.72. The molecule has 1 atom stereocenters. The first-order valence-electron chi connectivity index (χ1n) is 8.56. The van der Waals surface area contributed by atoms with Crippen LogP contribution >= 0.6 is 11.3 Å². The van der Waals surface area contributed by atoms with Gasteiger partial charge in [0, 0.05) is 15.8 Å². The number of thiophene rings is 1. The summed E-state index contributed by atoms with van der Waals surface area (Å²) in [6.45, 7) is 4.53. The van der Waals surface area contributed by atoms with Crippen LogP contribution in [0.2, 0.25) is 0 Å². The van der Waals surface area contributed by atoms with Crippen molar-refractivity contribution in [1.82, 2.24) is 0 Å². The van der Waals surface area contributed by atoms with E-state index < -0.39 is 0 Å². The van der Waals surface area contributed by atoms with Gasteiger partial charge in [0.1, 0.15) is 0 Å². The molecule has 2 rings (SSSR count). The number of hydrogen-bond donors (Lipinski definition) is 1. The number of unbranched alkanes of at least 4 members (excludes halogenated alkanes) is 1. The Morgan fingerprint density at radius 1 is 1.15 bits per heavy atom. The lowest BCUT2D eigenvalue weighted by Gasteiger charge is -2.32. The highest BCUT2D eigenvalue weighted by molar-refractivity contribution is 7.11. The highest BCUT2D eigenvalue weighted by Crippen LogP contribution is 2.34. The Balaban J connectivity index is 1.75. The van der Waals surface area contributed by atoms with Gasteiger partial charge in [-0.1, -0.05) is 46.0 Å². The fourth-order valence-electron chi connectivity index (χ4n) is 3.52. The summed E-state index contributed by atoms with van der Waals surface area (Å²) < 4.78 is 0. The van der Waals surface area contributed by atoms with Crippen LogP contribution in [0, 0.1) is 11.8 Å². The molecule has 1 aliphatic rings. The molecule has 0 saturated heterocycles. The minimum absolute atomic E-state index is 0.380. The fourth-order valence-corrected chi connectivity index (χ4v) is 4.55. The lowest BCUT2D eigenvalue weighted by molar-refractivity contribution is 0.231. The molecule has 1 unspecified atom stereocenters. The molecule has 0 bridgehead atoms. The minimum Gasteiger partial charge on any atom is -0.327 e. The maximum absolute atomic E-state index is 6.48. The molecule has 1 fully saturated rings. The topological polar surface area (TPSA) is 26.0 Å². The molecular weight excluding hydrogens is 262 g/mol. The molecule has 0 aliphatic heterocycles. The van der Waals surface area contributed by atoms with Crippen molar-refractivity contribution in [3.63, 3.8) is 0 Å². The van der Waals surface area contributed by atoms with Gasteiger partial charge < -0.3 is 5.73 Å². The molecule has 0 aromatic carbocycles. The molecule has 0 amide bonds. The lowest BCUT2D eigenvalue weighted by Crippen LogP contribution is -2.34. The van der Waals surface area contributed by atoms with E-state index in [1.54, 1.807) is 0 Å². The minimum atomic E-state index is 0.380. The Hall–Kier alpha value is -0.340. The van der Waals surface area contributed by atoms with Gasteiger partial charge in [0.2, 0.25) is 0 Å². The van der Waals surface area contributed by atoms with Gasteiger partial charge in [-0.25, -0.2) is 0 Å². The van der Waals surface area contributed by atoms with E-state index in [9.17, 15) is 0 Å². The van der Waals surface area contributed by atoms with Crippen LogP contribution in [0.15, 0.2) is 12.1 Å². The van der Waals surface area contributed by atoms with Crippen molar-refractivity contribution >= 4 is 11.3 Å². The molecule has 20 heavy (non-hydrogen) atoms. The number of hydrogen-bond acceptors (Lipinski definition) is 2. The normalized spacial score (nSPS) is 24.8. The Morgan fingerprint density at radius 3 is 2.45 bits per heavy atom. The molecule has 1 nitrogen and oxygen atoms in total. The van der Waals surface area contributed by atoms with E-state index in [1.807, 2.05) is 11.3 Å². The molecule has 1 heterocycles. The molecule has 114 valence electrons. The Kier molecular flexibility index (Phi) is 6.57. The Morgan fingerprint density at radius 2 is 1.85 bits per heavy atom. The highest BCUT2D eigenvalue weighted by Gasteiger charge is 2.25. The van der Waals surface area contributed by atoms with E-state index in [2.05, 4.69) is 26.0 Å². The zero-order chi connectivity index (χ0) is 14.4. The summed E-state index contributed by atoms with van der Waals surface area (Å²) in [5.74, 6) is 1.76. The number of aryl methyl sites for hydroxylation is 1. The van der Waals surface area contributed by atoms with Crippen molar-refractivity contribution in [2.75, 3.05) is 0 Å². The molecule has 0 radical (unpaired) electrons. The van der Waals surface area contributed by atoms with E-state index in [4.69, 9.17) is 5.73 Å². The summed E-state index contributed by atoms with van der Waals surface area (Å²) in [5.41, 5.74) is 6.48. The van der Waals surface area contributed by atoms with Gasteiger partial charge in [0.25, 0.3) is 0 Å². The third-order valence-electron chi connectivity index (χ3n) is 4.97. The second-order valence-corrected chi connectivity index (χ2v) is 7.77. The summed E-state index contributed by atoms with van der Waals surface area (Å²) in [5, 5.41) is 0. The van der Waals surface area contributed by atoms with Crippen molar-refractivity contribution in [1.29, 1.82) is 0 Å². The first-order valence-corrected chi connectivity index (χ1v) is 9.37. The predicted molar refractivity (Wildman–Crippen MR) is 90.3 cm³/mol. The van der Waals surface area contributed by atoms with Crippen LogP contribution in [0.1, 0.15) is 68.5 Å². The summed E-state index contributed by atoms with van der Waals surface area (Å²) >= 11 is 1.96. The van der Waals surface area contributed by atoms with Crippen LogP contribution in [0.25, 0.3) is 0 Å². The van der Waals surface area contributed by atoms with Crippen LogP contribution in [0.5, 0.6) is 0 Å². The quantitative estimate of drug-likeness (QED) is 0.736. The SMILES string of the molecule is CCCCC1CCC(C(N)Cc2ccc(CC)s2)CC1. The zero-order valence-corrected chi connectivity index (χ0v) is 14.1. The smallest absolute Gasteiger partial charge is 0.0116 e. The van der Waals surface area contributed by atoms with Crippen LogP contribution in [-0.4, -0.2) is 6.04 Å². The second-order valence-electron chi connectivity index (χ2n) is 6.51. The van der Waals surface area contributed by atoms with Crippen LogP contribution in [-0.2, 0) is 12.8 Å². The monoisotopic (exact) mass is 293 g/mol. The maximum atomic E-state index is 6.48. The first kappa shape index (κ1) is 16.0. The molecular formula is C18H31NS. The summed E-state index contributed by atoms with van der Waals surface area (Å²) in [6.07, 6.45) is 12.0. The molecule has 1 aromatic heterocycles. The van der Waals surface area contributed by atoms with Crippen LogP contribution < -0.4 is 5.73 Å². The highest BCUT2D eigenvalue weighted by atomic mass is 32.1. The van der Waals surface area contributed by atoms with Gasteiger partial charge in [-0.15, -0.1) is 11.3 Å². The zero-order valence-electron chi connectivity index (χ0n) is 13.2. The van der Waals surface area contributed by atoms with Crippen LogP contribution in [0.3, 0.4) is 0 Å². The third-order valence-corrected chi connectivity index (χ3v) is 6.22. The van der Waals surface area contributed by atoms with E-state index in [-0.39, 0.29) is 0 Å². The summed E-state index contributed by atoms with van der Waals surface area (Å²) in [4.78, 5) is 2.98. The third kappa shape index (κ3) is 4.60. The van der Waals surface area contributed by atoms with Crippen molar-refractivity contribution in [2.24, 2.45) is 17.6 Å². The van der Waals surface area contributed by atoms with Gasteiger partial charge in [-0.2, -0.15) is 0 Å². The van der Waals surface area contributed by atoms with Crippen molar-refractivity contribution in [3.8, 4) is 0 Å². The average molecular weight is 294 g/mol. The van der Waals surface area contributed by atoms with Gasteiger partial charge >= 0.3 is 0 Å². The predicted octanol–water partition coefficient (Wildman–Crippen LogP) is 5.18. The van der Waals surface area contributed by atoms with E-state index in [1.165, 1.54) is 54.7 Å². The molecule has 2 N–H and O–H groups in total. The number of nitrogens with two attached hydrogens (primary N) is 1. The van der Waals surface area contributed by atoms with E-state index in [0.717, 1.165) is 24.7 Å². The molecule has 1 saturated carbocycles. The fraction of sp³-hybridized carbons (Fsp3) is 0.778.